The van der Waals surface area contributed by atoms with Gasteiger partial charge in [-0.3, -0.25) is 9.78 Å². The first-order chi connectivity index (χ1) is 8.56. The fourth-order valence-electron chi connectivity index (χ4n) is 1.42. The fraction of sp³-hybridized carbons (Fsp3) is 0.333. The van der Waals surface area contributed by atoms with E-state index in [1.165, 1.54) is 12.3 Å². The van der Waals surface area contributed by atoms with Crippen LogP contribution in [0.3, 0.4) is 0 Å². The van der Waals surface area contributed by atoms with Crippen molar-refractivity contribution >= 4 is 11.9 Å². The highest BCUT2D eigenvalue weighted by Gasteiger charge is 2.26. The third-order valence-electron chi connectivity index (χ3n) is 2.43. The van der Waals surface area contributed by atoms with Gasteiger partial charge < -0.3 is 10.4 Å². The van der Waals surface area contributed by atoms with Gasteiger partial charge in [-0.05, 0) is 12.1 Å². The number of carboxylic acid groups (broad SMARTS) is 1. The first-order valence-corrected chi connectivity index (χ1v) is 5.38. The molecule has 6 nitrogen and oxygen atoms in total. The highest BCUT2D eigenvalue weighted by atomic mass is 16.4. The zero-order chi connectivity index (χ0) is 13.5. The Morgan fingerprint density at radius 2 is 2.28 bits per heavy atom. The van der Waals surface area contributed by atoms with E-state index in [4.69, 9.17) is 10.4 Å². The smallest absolute Gasteiger partial charge is 0.326 e. The third-order valence-corrected chi connectivity index (χ3v) is 2.43. The number of hydrogen-bond acceptors (Lipinski definition) is 4. The summed E-state index contributed by atoms with van der Waals surface area (Å²) in [6.45, 7) is 1.60. The Bertz CT molecular complexity index is 467. The number of carbonyl (C=O) groups excluding carboxylic acids is 1. The molecule has 0 aliphatic carbocycles. The molecule has 0 unspecified atom stereocenters. The lowest BCUT2D eigenvalue weighted by Gasteiger charge is -2.18. The molecule has 1 aromatic heterocycles. The fourth-order valence-corrected chi connectivity index (χ4v) is 1.42. The molecule has 2 atom stereocenters. The molecular formula is C12H13N3O3. The van der Waals surface area contributed by atoms with Gasteiger partial charge in [-0.2, -0.15) is 5.26 Å². The topological polar surface area (TPSA) is 103 Å². The summed E-state index contributed by atoms with van der Waals surface area (Å²) in [4.78, 5) is 26.6. The van der Waals surface area contributed by atoms with Crippen molar-refractivity contribution in [1.82, 2.24) is 10.3 Å². The van der Waals surface area contributed by atoms with E-state index in [1.807, 2.05) is 6.07 Å². The molecule has 0 bridgehead atoms. The van der Waals surface area contributed by atoms with Crippen LogP contribution in [0, 0.1) is 17.2 Å². The van der Waals surface area contributed by atoms with Gasteiger partial charge in [0.1, 0.15) is 11.7 Å². The molecule has 1 heterocycles. The lowest BCUT2D eigenvalue weighted by Crippen LogP contribution is -2.45. The maximum Gasteiger partial charge on any atom is 0.326 e. The number of amides is 1. The number of carboxylic acids is 1. The minimum Gasteiger partial charge on any atom is -0.480 e. The normalized spacial score (nSPS) is 13.1. The molecule has 6 heteroatoms. The number of carbonyl (C=O) groups is 2. The standard InChI is InChI=1S/C12H13N3O3/c1-8(5-6-13)10(12(17)18)15-11(16)9-4-2-3-7-14-9/h2-4,7-8,10H,5H2,1H3,(H,15,16)(H,17,18)/t8-,10-/m1/s1. The number of hydrogen-bond donors (Lipinski definition) is 2. The first-order valence-electron chi connectivity index (χ1n) is 5.38. The molecule has 2 N–H and O–H groups in total. The Balaban J connectivity index is 2.77. The van der Waals surface area contributed by atoms with Crippen molar-refractivity contribution in [1.29, 1.82) is 5.26 Å². The molecule has 0 radical (unpaired) electrons. The Morgan fingerprint density at radius 3 is 2.78 bits per heavy atom. The minimum atomic E-state index is -1.16. The van der Waals surface area contributed by atoms with Gasteiger partial charge in [-0.1, -0.05) is 13.0 Å². The SMILES string of the molecule is C[C@H](CC#N)[C@@H](NC(=O)c1ccccn1)C(=O)O. The lowest BCUT2D eigenvalue weighted by molar-refractivity contribution is -0.140. The zero-order valence-corrected chi connectivity index (χ0v) is 9.83. The number of aromatic nitrogens is 1. The average molecular weight is 247 g/mol. The highest BCUT2D eigenvalue weighted by Crippen LogP contribution is 2.08. The second-order valence-electron chi connectivity index (χ2n) is 3.84. The van der Waals surface area contributed by atoms with Gasteiger partial charge in [0, 0.05) is 18.5 Å². The van der Waals surface area contributed by atoms with Crippen LogP contribution in [0.25, 0.3) is 0 Å². The summed E-state index contributed by atoms with van der Waals surface area (Å²) in [5.74, 6) is -2.20. The van der Waals surface area contributed by atoms with Crippen LogP contribution in [0.2, 0.25) is 0 Å². The van der Waals surface area contributed by atoms with Crippen LogP contribution in [-0.2, 0) is 4.79 Å². The van der Waals surface area contributed by atoms with Crippen LogP contribution >= 0.6 is 0 Å². The van der Waals surface area contributed by atoms with Crippen molar-refractivity contribution in [2.24, 2.45) is 5.92 Å². The van der Waals surface area contributed by atoms with Crippen molar-refractivity contribution in [2.45, 2.75) is 19.4 Å². The van der Waals surface area contributed by atoms with E-state index in [0.717, 1.165) is 0 Å². The van der Waals surface area contributed by atoms with Gasteiger partial charge in [0.05, 0.1) is 6.07 Å². The number of pyridine rings is 1. The Labute approximate surface area is 104 Å². The second kappa shape index (κ2) is 6.35. The van der Waals surface area contributed by atoms with Crippen LogP contribution in [0.1, 0.15) is 23.8 Å². The van der Waals surface area contributed by atoms with E-state index < -0.39 is 23.8 Å². The summed E-state index contributed by atoms with van der Waals surface area (Å²) in [6, 6.07) is 5.57. The van der Waals surface area contributed by atoms with Gasteiger partial charge >= 0.3 is 5.97 Å². The Hall–Kier alpha value is -2.42. The number of nitriles is 1. The van der Waals surface area contributed by atoms with E-state index in [1.54, 1.807) is 19.1 Å². The first kappa shape index (κ1) is 13.6. The average Bonchev–Trinajstić information content (AvgIpc) is 2.36. The maximum atomic E-state index is 11.7. The van der Waals surface area contributed by atoms with E-state index in [9.17, 15) is 9.59 Å². The van der Waals surface area contributed by atoms with E-state index in [0.29, 0.717) is 0 Å². The molecule has 0 saturated heterocycles. The third kappa shape index (κ3) is 3.56. The Kier molecular flexibility index (Phi) is 4.81. The molecule has 1 amide bonds. The summed E-state index contributed by atoms with van der Waals surface area (Å²) in [6.07, 6.45) is 1.50. The monoisotopic (exact) mass is 247 g/mol. The van der Waals surface area contributed by atoms with Gasteiger partial charge in [0.15, 0.2) is 0 Å². The van der Waals surface area contributed by atoms with Crippen molar-refractivity contribution in [3.63, 3.8) is 0 Å². The van der Waals surface area contributed by atoms with E-state index in [-0.39, 0.29) is 12.1 Å². The molecular weight excluding hydrogens is 234 g/mol. The molecule has 94 valence electrons. The molecule has 0 spiro atoms. The van der Waals surface area contributed by atoms with Crippen LogP contribution in [-0.4, -0.2) is 28.0 Å². The molecule has 0 fully saturated rings. The van der Waals surface area contributed by atoms with Crippen molar-refractivity contribution in [3.8, 4) is 6.07 Å². The van der Waals surface area contributed by atoms with Gasteiger partial charge in [0.2, 0.25) is 0 Å². The molecule has 18 heavy (non-hydrogen) atoms. The van der Waals surface area contributed by atoms with Crippen LogP contribution < -0.4 is 5.32 Å². The second-order valence-corrected chi connectivity index (χ2v) is 3.84. The summed E-state index contributed by atoms with van der Waals surface area (Å²) in [7, 11) is 0. The quantitative estimate of drug-likeness (QED) is 0.801. The number of aliphatic carboxylic acids is 1. The predicted octanol–water partition coefficient (Wildman–Crippen LogP) is 0.814. The summed E-state index contributed by atoms with van der Waals surface area (Å²) >= 11 is 0. The minimum absolute atomic E-state index is 0.0550. The van der Waals surface area contributed by atoms with Crippen LogP contribution in [0.15, 0.2) is 24.4 Å². The molecule has 1 aromatic rings. The van der Waals surface area contributed by atoms with Crippen LogP contribution in [0.4, 0.5) is 0 Å². The maximum absolute atomic E-state index is 11.7. The molecule has 0 aliphatic rings. The summed E-state index contributed by atoms with van der Waals surface area (Å²) in [5, 5.41) is 19.9. The molecule has 0 saturated carbocycles. The summed E-state index contributed by atoms with van der Waals surface area (Å²) in [5.41, 5.74) is 0.146. The molecule has 0 aromatic carbocycles. The Morgan fingerprint density at radius 1 is 1.56 bits per heavy atom. The van der Waals surface area contributed by atoms with Gasteiger partial charge in [-0.15, -0.1) is 0 Å². The van der Waals surface area contributed by atoms with Crippen molar-refractivity contribution in [3.05, 3.63) is 30.1 Å². The highest BCUT2D eigenvalue weighted by molar-refractivity contribution is 5.94. The van der Waals surface area contributed by atoms with E-state index in [2.05, 4.69) is 10.3 Å². The molecule has 0 aliphatic heterocycles. The number of rotatable bonds is 5. The number of nitrogens with one attached hydrogen (secondary N) is 1. The zero-order valence-electron chi connectivity index (χ0n) is 9.83. The largest absolute Gasteiger partial charge is 0.480 e. The van der Waals surface area contributed by atoms with Crippen LogP contribution in [0.5, 0.6) is 0 Å². The van der Waals surface area contributed by atoms with Gasteiger partial charge in [-0.25, -0.2) is 4.79 Å². The summed E-state index contributed by atoms with van der Waals surface area (Å²) < 4.78 is 0. The van der Waals surface area contributed by atoms with Crippen molar-refractivity contribution < 1.29 is 14.7 Å². The van der Waals surface area contributed by atoms with Gasteiger partial charge in [0.25, 0.3) is 5.91 Å². The van der Waals surface area contributed by atoms with Crippen molar-refractivity contribution in [2.75, 3.05) is 0 Å². The number of nitrogens with zero attached hydrogens (tertiary/aromatic N) is 2. The molecule has 1 rings (SSSR count). The lowest BCUT2D eigenvalue weighted by atomic mass is 9.99. The van der Waals surface area contributed by atoms with E-state index >= 15 is 0 Å². The predicted molar refractivity (Wildman–Crippen MR) is 62.5 cm³/mol.